The summed E-state index contributed by atoms with van der Waals surface area (Å²) < 4.78 is 12.6. The maximum Gasteiger partial charge on any atom is 0.0720 e. The lowest BCUT2D eigenvalue weighted by atomic mass is 9.47. The molecule has 0 amide bonds. The Morgan fingerprint density at radius 3 is 2.61 bits per heavy atom. The van der Waals surface area contributed by atoms with Gasteiger partial charge >= 0.3 is 0 Å². The van der Waals surface area contributed by atoms with Gasteiger partial charge in [0.2, 0.25) is 0 Å². The number of hydrogen-bond donors (Lipinski definition) is 0. The van der Waals surface area contributed by atoms with Crippen molar-refractivity contribution in [1.29, 1.82) is 0 Å². The standard InChI is InChI=1S/C26H38O2/c1-25-14-6-16-27-18-20(25)9-10-21-22-11-12-24(26(22,2)15-13-23(21)25)28-17-19-7-4-3-5-8-19/h3-5,7-8,20-24H,6,9-18H2,1-2H3/t20-,21-,22-,23-,24-,25-,26-/m0/s1. The van der Waals surface area contributed by atoms with Crippen molar-refractivity contribution < 1.29 is 9.47 Å². The van der Waals surface area contributed by atoms with Crippen LogP contribution in [0, 0.1) is 34.5 Å². The summed E-state index contributed by atoms with van der Waals surface area (Å²) in [6, 6.07) is 10.7. The average molecular weight is 383 g/mol. The Morgan fingerprint density at radius 2 is 1.75 bits per heavy atom. The third-order valence-electron chi connectivity index (χ3n) is 9.60. The molecule has 7 atom stereocenters. The summed E-state index contributed by atoms with van der Waals surface area (Å²) in [7, 11) is 0. The van der Waals surface area contributed by atoms with Gasteiger partial charge in [0.25, 0.3) is 0 Å². The minimum Gasteiger partial charge on any atom is -0.381 e. The van der Waals surface area contributed by atoms with Crippen LogP contribution in [0.1, 0.15) is 70.8 Å². The first-order valence-corrected chi connectivity index (χ1v) is 11.8. The van der Waals surface area contributed by atoms with Gasteiger partial charge in [0.15, 0.2) is 0 Å². The molecule has 0 unspecified atom stereocenters. The first kappa shape index (κ1) is 19.1. The zero-order chi connectivity index (χ0) is 19.2. The maximum absolute atomic E-state index is 6.57. The van der Waals surface area contributed by atoms with Gasteiger partial charge in [-0.15, -0.1) is 0 Å². The van der Waals surface area contributed by atoms with E-state index in [1.54, 1.807) is 0 Å². The molecule has 2 heteroatoms. The predicted octanol–water partition coefficient (Wildman–Crippen LogP) is 6.24. The molecule has 4 aliphatic rings. The highest BCUT2D eigenvalue weighted by atomic mass is 16.5. The lowest BCUT2D eigenvalue weighted by molar-refractivity contribution is -0.128. The monoisotopic (exact) mass is 382 g/mol. The van der Waals surface area contributed by atoms with Crippen molar-refractivity contribution in [1.82, 2.24) is 0 Å². The van der Waals surface area contributed by atoms with Gasteiger partial charge in [-0.2, -0.15) is 0 Å². The molecule has 1 saturated heterocycles. The fraction of sp³-hybridized carbons (Fsp3) is 0.769. The molecule has 2 nitrogen and oxygen atoms in total. The van der Waals surface area contributed by atoms with E-state index in [0.717, 1.165) is 43.5 Å². The van der Waals surface area contributed by atoms with Crippen LogP contribution < -0.4 is 0 Å². The molecule has 1 aliphatic heterocycles. The Balaban J connectivity index is 1.32. The number of benzene rings is 1. The largest absolute Gasteiger partial charge is 0.381 e. The smallest absolute Gasteiger partial charge is 0.0720 e. The Hall–Kier alpha value is -0.860. The third kappa shape index (κ3) is 3.06. The van der Waals surface area contributed by atoms with Crippen LogP contribution in [0.2, 0.25) is 0 Å². The second kappa shape index (κ2) is 7.43. The first-order chi connectivity index (χ1) is 13.6. The molecule has 0 spiro atoms. The second-order valence-corrected chi connectivity index (χ2v) is 10.7. The van der Waals surface area contributed by atoms with Gasteiger partial charge in [-0.25, -0.2) is 0 Å². The molecule has 1 aromatic carbocycles. The molecule has 1 aromatic rings. The molecule has 28 heavy (non-hydrogen) atoms. The van der Waals surface area contributed by atoms with Gasteiger partial charge in [0.1, 0.15) is 0 Å². The van der Waals surface area contributed by atoms with E-state index in [4.69, 9.17) is 9.47 Å². The highest BCUT2D eigenvalue weighted by Gasteiger charge is 2.59. The van der Waals surface area contributed by atoms with Crippen LogP contribution in [0.4, 0.5) is 0 Å². The molecule has 1 heterocycles. The molecular formula is C26H38O2. The van der Waals surface area contributed by atoms with E-state index in [9.17, 15) is 0 Å². The van der Waals surface area contributed by atoms with Crippen molar-refractivity contribution in [2.75, 3.05) is 13.2 Å². The topological polar surface area (TPSA) is 18.5 Å². The molecule has 0 aromatic heterocycles. The highest BCUT2D eigenvalue weighted by molar-refractivity contribution is 5.14. The summed E-state index contributed by atoms with van der Waals surface area (Å²) >= 11 is 0. The van der Waals surface area contributed by atoms with Gasteiger partial charge in [-0.05, 0) is 91.4 Å². The molecule has 0 bridgehead atoms. The van der Waals surface area contributed by atoms with E-state index in [2.05, 4.69) is 44.2 Å². The van der Waals surface area contributed by atoms with Crippen molar-refractivity contribution in [2.24, 2.45) is 34.5 Å². The number of ether oxygens (including phenoxy) is 2. The van der Waals surface area contributed by atoms with Crippen LogP contribution in [-0.4, -0.2) is 19.3 Å². The Morgan fingerprint density at radius 1 is 0.929 bits per heavy atom. The van der Waals surface area contributed by atoms with Crippen molar-refractivity contribution >= 4 is 0 Å². The Bertz CT molecular complexity index is 672. The zero-order valence-corrected chi connectivity index (χ0v) is 17.9. The zero-order valence-electron chi connectivity index (χ0n) is 17.9. The molecule has 3 saturated carbocycles. The highest BCUT2D eigenvalue weighted by Crippen LogP contribution is 2.65. The third-order valence-corrected chi connectivity index (χ3v) is 9.60. The summed E-state index contributed by atoms with van der Waals surface area (Å²) in [5, 5.41) is 0. The average Bonchev–Trinajstić information content (AvgIpc) is 2.91. The van der Waals surface area contributed by atoms with Crippen LogP contribution in [0.15, 0.2) is 30.3 Å². The van der Waals surface area contributed by atoms with Crippen molar-refractivity contribution in [2.45, 2.75) is 77.9 Å². The van der Waals surface area contributed by atoms with E-state index >= 15 is 0 Å². The van der Waals surface area contributed by atoms with Crippen LogP contribution in [-0.2, 0) is 16.1 Å². The molecule has 4 fully saturated rings. The second-order valence-electron chi connectivity index (χ2n) is 10.7. The minimum atomic E-state index is 0.389. The fourth-order valence-corrected chi connectivity index (χ4v) is 7.98. The van der Waals surface area contributed by atoms with Crippen molar-refractivity contribution in [3.63, 3.8) is 0 Å². The van der Waals surface area contributed by atoms with E-state index < -0.39 is 0 Å². The fourth-order valence-electron chi connectivity index (χ4n) is 7.98. The number of hydrogen-bond acceptors (Lipinski definition) is 2. The quantitative estimate of drug-likeness (QED) is 0.616. The molecule has 5 rings (SSSR count). The normalized spacial score (nSPS) is 45.6. The van der Waals surface area contributed by atoms with E-state index in [1.165, 1.54) is 56.9 Å². The summed E-state index contributed by atoms with van der Waals surface area (Å²) in [6.45, 7) is 7.98. The molecule has 154 valence electrons. The lowest BCUT2D eigenvalue weighted by Gasteiger charge is -2.58. The van der Waals surface area contributed by atoms with E-state index in [-0.39, 0.29) is 0 Å². The number of rotatable bonds is 3. The molecule has 3 aliphatic carbocycles. The van der Waals surface area contributed by atoms with Gasteiger partial charge in [-0.3, -0.25) is 0 Å². The van der Waals surface area contributed by atoms with Crippen LogP contribution in [0.5, 0.6) is 0 Å². The summed E-state index contributed by atoms with van der Waals surface area (Å²) in [4.78, 5) is 0. The predicted molar refractivity (Wildman–Crippen MR) is 113 cm³/mol. The van der Waals surface area contributed by atoms with Crippen LogP contribution >= 0.6 is 0 Å². The Kier molecular flexibility index (Phi) is 5.08. The van der Waals surface area contributed by atoms with E-state index in [1.807, 2.05) is 0 Å². The minimum absolute atomic E-state index is 0.389. The van der Waals surface area contributed by atoms with Crippen molar-refractivity contribution in [3.05, 3.63) is 35.9 Å². The molecule has 0 N–H and O–H groups in total. The number of fused-ring (bicyclic) bond motifs is 5. The van der Waals surface area contributed by atoms with Gasteiger partial charge < -0.3 is 9.47 Å². The first-order valence-electron chi connectivity index (χ1n) is 11.8. The van der Waals surface area contributed by atoms with Crippen LogP contribution in [0.3, 0.4) is 0 Å². The van der Waals surface area contributed by atoms with E-state index in [0.29, 0.717) is 16.9 Å². The van der Waals surface area contributed by atoms with Gasteiger partial charge in [-0.1, -0.05) is 44.2 Å². The Labute approximate surface area is 171 Å². The molecular weight excluding hydrogens is 344 g/mol. The molecule has 0 radical (unpaired) electrons. The summed E-state index contributed by atoms with van der Waals surface area (Å²) in [5.74, 6) is 3.50. The SMILES string of the molecule is C[C@]12CCCOC[C@@H]1CC[C@@H]1[C@@H]2CC[C@]2(C)[C@@H](OCc3ccccc3)CC[C@@H]12. The maximum atomic E-state index is 6.57. The summed E-state index contributed by atoms with van der Waals surface area (Å²) in [6.07, 6.45) is 11.3. The van der Waals surface area contributed by atoms with Gasteiger partial charge in [0, 0.05) is 13.2 Å². The lowest BCUT2D eigenvalue weighted by Crippen LogP contribution is -2.53. The summed E-state index contributed by atoms with van der Waals surface area (Å²) in [5.41, 5.74) is 2.22. The van der Waals surface area contributed by atoms with Gasteiger partial charge in [0.05, 0.1) is 12.7 Å². The van der Waals surface area contributed by atoms with Crippen LogP contribution in [0.25, 0.3) is 0 Å². The van der Waals surface area contributed by atoms with Crippen molar-refractivity contribution in [3.8, 4) is 0 Å².